The van der Waals surface area contributed by atoms with E-state index in [9.17, 15) is 13.2 Å². The first-order chi connectivity index (χ1) is 11.8. The van der Waals surface area contributed by atoms with Gasteiger partial charge in [-0.15, -0.1) is 0 Å². The van der Waals surface area contributed by atoms with Gasteiger partial charge < -0.3 is 14.4 Å². The Kier molecular flexibility index (Phi) is 6.70. The zero-order valence-corrected chi connectivity index (χ0v) is 15.9. The van der Waals surface area contributed by atoms with E-state index in [0.717, 1.165) is 6.42 Å². The summed E-state index contributed by atoms with van der Waals surface area (Å²) in [6.45, 7) is 4.79. The number of ether oxygens (including phenoxy) is 2. The molecule has 1 aromatic rings. The van der Waals surface area contributed by atoms with Crippen molar-refractivity contribution in [3.05, 3.63) is 24.3 Å². The molecule has 0 N–H and O–H groups in total. The van der Waals surface area contributed by atoms with Crippen LogP contribution in [0.5, 0.6) is 11.5 Å². The Morgan fingerprint density at radius 1 is 1.28 bits per heavy atom. The summed E-state index contributed by atoms with van der Waals surface area (Å²) in [5.74, 6) is 1.80. The number of sulfone groups is 1. The van der Waals surface area contributed by atoms with E-state index in [0.29, 0.717) is 30.4 Å². The Morgan fingerprint density at radius 2 is 1.96 bits per heavy atom. The molecule has 1 aliphatic heterocycles. The molecule has 1 heterocycles. The van der Waals surface area contributed by atoms with Crippen molar-refractivity contribution in [1.82, 2.24) is 4.90 Å². The Hall–Kier alpha value is -1.76. The Morgan fingerprint density at radius 3 is 2.56 bits per heavy atom. The molecule has 0 saturated carbocycles. The van der Waals surface area contributed by atoms with Crippen molar-refractivity contribution >= 4 is 15.7 Å². The van der Waals surface area contributed by atoms with Gasteiger partial charge in [-0.2, -0.15) is 0 Å². The lowest BCUT2D eigenvalue weighted by Crippen LogP contribution is -2.40. The smallest absolute Gasteiger partial charge is 0.260 e. The fourth-order valence-electron chi connectivity index (χ4n) is 2.60. The number of rotatable bonds is 8. The normalized spacial score (nSPS) is 19.0. The van der Waals surface area contributed by atoms with Crippen molar-refractivity contribution < 1.29 is 22.7 Å². The minimum atomic E-state index is -3.01. The number of carbonyl (C=O) groups is 1. The number of hydrogen-bond donors (Lipinski definition) is 0. The van der Waals surface area contributed by atoms with Gasteiger partial charge in [-0.25, -0.2) is 8.42 Å². The highest BCUT2D eigenvalue weighted by Crippen LogP contribution is 2.21. The lowest BCUT2D eigenvalue weighted by molar-refractivity contribution is -0.133. The van der Waals surface area contributed by atoms with E-state index in [1.54, 1.807) is 19.2 Å². The van der Waals surface area contributed by atoms with Crippen molar-refractivity contribution in [2.45, 2.75) is 32.7 Å². The van der Waals surface area contributed by atoms with Gasteiger partial charge in [0, 0.05) is 19.2 Å². The first kappa shape index (κ1) is 19.6. The fourth-order valence-corrected chi connectivity index (χ4v) is 4.37. The second kappa shape index (κ2) is 8.56. The van der Waals surface area contributed by atoms with Crippen LogP contribution in [0, 0.1) is 5.92 Å². The summed E-state index contributed by atoms with van der Waals surface area (Å²) >= 11 is 0. The third-order valence-electron chi connectivity index (χ3n) is 4.28. The summed E-state index contributed by atoms with van der Waals surface area (Å²) in [6.07, 6.45) is 1.46. The number of hydrogen-bond acceptors (Lipinski definition) is 5. The van der Waals surface area contributed by atoms with E-state index in [4.69, 9.17) is 9.47 Å². The molecule has 0 bridgehead atoms. The maximum Gasteiger partial charge on any atom is 0.260 e. The molecule has 0 unspecified atom stereocenters. The van der Waals surface area contributed by atoms with Crippen molar-refractivity contribution in [2.24, 2.45) is 5.92 Å². The molecule has 0 aliphatic carbocycles. The van der Waals surface area contributed by atoms with Gasteiger partial charge >= 0.3 is 0 Å². The molecule has 25 heavy (non-hydrogen) atoms. The van der Waals surface area contributed by atoms with Crippen molar-refractivity contribution in [1.29, 1.82) is 0 Å². The van der Waals surface area contributed by atoms with Crippen LogP contribution in [0.3, 0.4) is 0 Å². The first-order valence-corrected chi connectivity index (χ1v) is 10.4. The zero-order valence-electron chi connectivity index (χ0n) is 15.1. The van der Waals surface area contributed by atoms with Crippen LogP contribution in [0.15, 0.2) is 24.3 Å². The minimum Gasteiger partial charge on any atom is -0.493 e. The number of carbonyl (C=O) groups excluding carboxylic acids is 1. The van der Waals surface area contributed by atoms with E-state index in [1.807, 2.05) is 12.1 Å². The Bertz CT molecular complexity index is 686. The van der Waals surface area contributed by atoms with E-state index >= 15 is 0 Å². The molecule has 0 radical (unpaired) electrons. The Labute approximate surface area is 150 Å². The standard InChI is InChI=1S/C18H27NO5S/c1-14(2)7-9-23-16-5-4-6-17(11-16)24-12-18(20)19(3)15-8-10-25(21,22)13-15/h4-6,11,14-15H,7-10,12-13H2,1-3H3/t15-/m0/s1. The molecular weight excluding hydrogens is 342 g/mol. The molecule has 7 heteroatoms. The van der Waals surface area contributed by atoms with Crippen LogP contribution < -0.4 is 9.47 Å². The third kappa shape index (κ3) is 6.23. The SMILES string of the molecule is CC(C)CCOc1cccc(OCC(=O)N(C)[C@H]2CCS(=O)(=O)C2)c1. The number of nitrogens with zero attached hydrogens (tertiary/aromatic N) is 1. The first-order valence-electron chi connectivity index (χ1n) is 8.58. The molecule has 0 spiro atoms. The van der Waals surface area contributed by atoms with Crippen molar-refractivity contribution in [3.8, 4) is 11.5 Å². The maximum absolute atomic E-state index is 12.2. The van der Waals surface area contributed by atoms with Crippen LogP contribution >= 0.6 is 0 Å². The minimum absolute atomic E-state index is 0.0361. The summed E-state index contributed by atoms with van der Waals surface area (Å²) in [5, 5.41) is 0. The number of benzene rings is 1. The quantitative estimate of drug-likeness (QED) is 0.702. The van der Waals surface area contributed by atoms with Gasteiger partial charge in [0.2, 0.25) is 0 Å². The van der Waals surface area contributed by atoms with Gasteiger partial charge in [-0.1, -0.05) is 19.9 Å². The highest BCUT2D eigenvalue weighted by molar-refractivity contribution is 7.91. The van der Waals surface area contributed by atoms with Crippen molar-refractivity contribution in [2.75, 3.05) is 31.8 Å². The molecule has 1 aromatic carbocycles. The van der Waals surface area contributed by atoms with Crippen LogP contribution in [-0.4, -0.2) is 57.0 Å². The Balaban J connectivity index is 1.83. The van der Waals surface area contributed by atoms with Crippen LogP contribution in [-0.2, 0) is 14.6 Å². The van der Waals surface area contributed by atoms with Gasteiger partial charge in [0.15, 0.2) is 16.4 Å². The van der Waals surface area contributed by atoms with Gasteiger partial charge in [-0.05, 0) is 30.9 Å². The summed E-state index contributed by atoms with van der Waals surface area (Å²) in [5.41, 5.74) is 0. The van der Waals surface area contributed by atoms with Crippen LogP contribution in [0.2, 0.25) is 0 Å². The van der Waals surface area contributed by atoms with Crippen LogP contribution in [0.4, 0.5) is 0 Å². The van der Waals surface area contributed by atoms with Crippen LogP contribution in [0.25, 0.3) is 0 Å². The fraction of sp³-hybridized carbons (Fsp3) is 0.611. The summed E-state index contributed by atoms with van der Waals surface area (Å²) in [6, 6.07) is 6.94. The highest BCUT2D eigenvalue weighted by Gasteiger charge is 2.32. The molecule has 1 saturated heterocycles. The zero-order chi connectivity index (χ0) is 18.4. The third-order valence-corrected chi connectivity index (χ3v) is 6.03. The molecule has 1 atom stereocenters. The largest absolute Gasteiger partial charge is 0.493 e. The van der Waals surface area contributed by atoms with E-state index < -0.39 is 9.84 Å². The lowest BCUT2D eigenvalue weighted by Gasteiger charge is -2.23. The van der Waals surface area contributed by atoms with Gasteiger partial charge in [-0.3, -0.25) is 4.79 Å². The average Bonchev–Trinajstić information content (AvgIpc) is 2.92. The van der Waals surface area contributed by atoms with Crippen LogP contribution in [0.1, 0.15) is 26.7 Å². The van der Waals surface area contributed by atoms with E-state index in [2.05, 4.69) is 13.8 Å². The molecule has 0 aromatic heterocycles. The lowest BCUT2D eigenvalue weighted by atomic mass is 10.1. The van der Waals surface area contributed by atoms with Crippen molar-refractivity contribution in [3.63, 3.8) is 0 Å². The second-order valence-electron chi connectivity index (χ2n) is 6.86. The van der Waals surface area contributed by atoms with Gasteiger partial charge in [0.25, 0.3) is 5.91 Å². The summed E-state index contributed by atoms with van der Waals surface area (Å²) in [4.78, 5) is 13.7. The summed E-state index contributed by atoms with van der Waals surface area (Å²) < 4.78 is 34.3. The molecule has 1 amide bonds. The van der Waals surface area contributed by atoms with Gasteiger partial charge in [0.1, 0.15) is 11.5 Å². The molecule has 2 rings (SSSR count). The molecule has 1 fully saturated rings. The maximum atomic E-state index is 12.2. The number of likely N-dealkylation sites (N-methyl/N-ethyl adjacent to an activating group) is 1. The molecule has 6 nitrogen and oxygen atoms in total. The molecule has 140 valence electrons. The molecular formula is C18H27NO5S. The summed E-state index contributed by atoms with van der Waals surface area (Å²) in [7, 11) is -1.39. The molecule has 1 aliphatic rings. The highest BCUT2D eigenvalue weighted by atomic mass is 32.2. The number of amides is 1. The van der Waals surface area contributed by atoms with E-state index in [-0.39, 0.29) is 30.1 Å². The predicted molar refractivity (Wildman–Crippen MR) is 96.7 cm³/mol. The average molecular weight is 369 g/mol. The van der Waals surface area contributed by atoms with Gasteiger partial charge in [0.05, 0.1) is 18.1 Å². The predicted octanol–water partition coefficient (Wildman–Crippen LogP) is 2.14. The topological polar surface area (TPSA) is 72.9 Å². The van der Waals surface area contributed by atoms with E-state index in [1.165, 1.54) is 4.90 Å². The second-order valence-corrected chi connectivity index (χ2v) is 9.08. The monoisotopic (exact) mass is 369 g/mol.